The molecule has 3 unspecified atom stereocenters. The van der Waals surface area contributed by atoms with Gasteiger partial charge in [0.25, 0.3) is 0 Å². The number of likely N-dealkylation sites (tertiary alicyclic amines) is 2. The Balaban J connectivity index is 1.83. The van der Waals surface area contributed by atoms with Crippen molar-refractivity contribution in [3.8, 4) is 0 Å². The topological polar surface area (TPSA) is 32.5 Å². The van der Waals surface area contributed by atoms with E-state index in [-0.39, 0.29) is 0 Å². The second-order valence-corrected chi connectivity index (χ2v) is 6.57. The summed E-state index contributed by atoms with van der Waals surface area (Å²) in [4.78, 5) is 5.27. The molecule has 0 spiro atoms. The Kier molecular flexibility index (Phi) is 6.11. The maximum absolute atomic E-state index is 6.04. The number of rotatable bonds is 5. The van der Waals surface area contributed by atoms with Gasteiger partial charge < -0.3 is 10.6 Å². The molecule has 0 saturated carbocycles. The van der Waals surface area contributed by atoms with Gasteiger partial charge in [0.2, 0.25) is 0 Å². The van der Waals surface area contributed by atoms with Gasteiger partial charge in [-0.1, -0.05) is 19.8 Å². The van der Waals surface area contributed by atoms with Crippen LogP contribution in [0.2, 0.25) is 0 Å². The number of nitrogens with two attached hydrogens (primary N) is 1. The van der Waals surface area contributed by atoms with Crippen LogP contribution in [0.3, 0.4) is 0 Å². The summed E-state index contributed by atoms with van der Waals surface area (Å²) in [6, 6.07) is 1.46. The maximum atomic E-state index is 6.04. The van der Waals surface area contributed by atoms with Crippen molar-refractivity contribution in [1.29, 1.82) is 0 Å². The Labute approximate surface area is 119 Å². The first-order valence-electron chi connectivity index (χ1n) is 8.40. The molecular formula is C16H33N3. The van der Waals surface area contributed by atoms with Crippen molar-refractivity contribution >= 4 is 0 Å². The molecule has 3 atom stereocenters. The fourth-order valence-corrected chi connectivity index (χ4v) is 4.13. The van der Waals surface area contributed by atoms with Gasteiger partial charge in [-0.15, -0.1) is 0 Å². The lowest BCUT2D eigenvalue weighted by Crippen LogP contribution is -2.50. The van der Waals surface area contributed by atoms with Gasteiger partial charge in [0.15, 0.2) is 0 Å². The Bertz CT molecular complexity index is 256. The van der Waals surface area contributed by atoms with Crippen LogP contribution in [0, 0.1) is 5.92 Å². The van der Waals surface area contributed by atoms with Crippen molar-refractivity contribution in [2.24, 2.45) is 11.7 Å². The van der Waals surface area contributed by atoms with Crippen LogP contribution in [0.1, 0.15) is 51.9 Å². The highest BCUT2D eigenvalue weighted by Crippen LogP contribution is 2.27. The lowest BCUT2D eigenvalue weighted by molar-refractivity contribution is 0.0775. The summed E-state index contributed by atoms with van der Waals surface area (Å²) in [7, 11) is 2.30. The monoisotopic (exact) mass is 267 g/mol. The van der Waals surface area contributed by atoms with E-state index >= 15 is 0 Å². The predicted molar refractivity (Wildman–Crippen MR) is 82.3 cm³/mol. The van der Waals surface area contributed by atoms with Crippen LogP contribution in [-0.2, 0) is 0 Å². The Morgan fingerprint density at radius 1 is 1.11 bits per heavy atom. The van der Waals surface area contributed by atoms with Crippen molar-refractivity contribution in [2.45, 2.75) is 64.0 Å². The Morgan fingerprint density at radius 2 is 1.95 bits per heavy atom. The van der Waals surface area contributed by atoms with E-state index < -0.39 is 0 Å². The highest BCUT2D eigenvalue weighted by Gasteiger charge is 2.29. The highest BCUT2D eigenvalue weighted by molar-refractivity contribution is 4.85. The standard InChI is InChI=1S/C16H33N3/c1-3-14-7-6-11-19(16(14)13-17)12-9-15-8-4-5-10-18(15)2/h14-16H,3-13,17H2,1-2H3. The zero-order valence-corrected chi connectivity index (χ0v) is 13.0. The molecule has 0 amide bonds. The molecule has 2 rings (SSSR count). The van der Waals surface area contributed by atoms with Crippen LogP contribution in [-0.4, -0.2) is 55.1 Å². The molecule has 2 heterocycles. The third-order valence-corrected chi connectivity index (χ3v) is 5.47. The van der Waals surface area contributed by atoms with Crippen molar-refractivity contribution in [3.05, 3.63) is 0 Å². The molecule has 2 aliphatic rings. The van der Waals surface area contributed by atoms with Gasteiger partial charge in [-0.3, -0.25) is 4.90 Å². The molecule has 2 saturated heterocycles. The lowest BCUT2D eigenvalue weighted by Gasteiger charge is -2.42. The molecule has 0 aromatic heterocycles. The summed E-state index contributed by atoms with van der Waals surface area (Å²) >= 11 is 0. The molecule has 0 aliphatic carbocycles. The highest BCUT2D eigenvalue weighted by atomic mass is 15.2. The van der Waals surface area contributed by atoms with Gasteiger partial charge in [-0.25, -0.2) is 0 Å². The smallest absolute Gasteiger partial charge is 0.0246 e. The van der Waals surface area contributed by atoms with Gasteiger partial charge in [0, 0.05) is 18.6 Å². The normalized spacial score (nSPS) is 34.6. The van der Waals surface area contributed by atoms with Crippen LogP contribution in [0.4, 0.5) is 0 Å². The maximum Gasteiger partial charge on any atom is 0.0246 e. The molecule has 3 heteroatoms. The molecule has 2 N–H and O–H groups in total. The molecule has 19 heavy (non-hydrogen) atoms. The first-order chi connectivity index (χ1) is 9.26. The summed E-state index contributed by atoms with van der Waals surface area (Å²) in [5.74, 6) is 0.836. The van der Waals surface area contributed by atoms with Crippen LogP contribution in [0.5, 0.6) is 0 Å². The second kappa shape index (κ2) is 7.61. The van der Waals surface area contributed by atoms with E-state index in [2.05, 4.69) is 23.8 Å². The van der Waals surface area contributed by atoms with E-state index in [0.29, 0.717) is 6.04 Å². The molecular weight excluding hydrogens is 234 g/mol. The largest absolute Gasteiger partial charge is 0.329 e. The molecule has 0 bridgehead atoms. The van der Waals surface area contributed by atoms with Crippen LogP contribution < -0.4 is 5.73 Å². The van der Waals surface area contributed by atoms with Crippen molar-refractivity contribution < 1.29 is 0 Å². The molecule has 2 aliphatic heterocycles. The Morgan fingerprint density at radius 3 is 2.63 bits per heavy atom. The summed E-state index contributed by atoms with van der Waals surface area (Å²) in [5, 5.41) is 0. The summed E-state index contributed by atoms with van der Waals surface area (Å²) in [5.41, 5.74) is 6.04. The first-order valence-corrected chi connectivity index (χ1v) is 8.40. The fourth-order valence-electron chi connectivity index (χ4n) is 4.13. The Hall–Kier alpha value is -0.120. The average Bonchev–Trinajstić information content (AvgIpc) is 2.45. The summed E-state index contributed by atoms with van der Waals surface area (Å²) in [6.45, 7) is 7.00. The van der Waals surface area contributed by atoms with Gasteiger partial charge >= 0.3 is 0 Å². The van der Waals surface area contributed by atoms with Crippen LogP contribution in [0.15, 0.2) is 0 Å². The summed E-state index contributed by atoms with van der Waals surface area (Å²) < 4.78 is 0. The minimum Gasteiger partial charge on any atom is -0.329 e. The van der Waals surface area contributed by atoms with E-state index in [1.807, 2.05) is 0 Å². The van der Waals surface area contributed by atoms with Crippen LogP contribution >= 0.6 is 0 Å². The SMILES string of the molecule is CCC1CCCN(CCC2CCCCN2C)C1CN. The molecule has 3 nitrogen and oxygen atoms in total. The molecule has 0 radical (unpaired) electrons. The van der Waals surface area contributed by atoms with Crippen molar-refractivity contribution in [3.63, 3.8) is 0 Å². The minimum atomic E-state index is 0.646. The third-order valence-electron chi connectivity index (χ3n) is 5.47. The van der Waals surface area contributed by atoms with Gasteiger partial charge in [-0.2, -0.15) is 0 Å². The second-order valence-electron chi connectivity index (χ2n) is 6.57. The third kappa shape index (κ3) is 3.93. The molecule has 112 valence electrons. The molecule has 0 aromatic rings. The molecule has 0 aromatic carbocycles. The van der Waals surface area contributed by atoms with E-state index in [1.165, 1.54) is 64.6 Å². The average molecular weight is 267 g/mol. The number of hydrogen-bond donors (Lipinski definition) is 1. The zero-order chi connectivity index (χ0) is 13.7. The number of piperidine rings is 2. The van der Waals surface area contributed by atoms with Crippen molar-refractivity contribution in [1.82, 2.24) is 9.80 Å². The molecule has 2 fully saturated rings. The predicted octanol–water partition coefficient (Wildman–Crippen LogP) is 2.31. The van der Waals surface area contributed by atoms with E-state index in [0.717, 1.165) is 18.5 Å². The quantitative estimate of drug-likeness (QED) is 0.829. The first kappa shape index (κ1) is 15.3. The lowest BCUT2D eigenvalue weighted by atomic mass is 9.86. The van der Waals surface area contributed by atoms with E-state index in [9.17, 15) is 0 Å². The fraction of sp³-hybridized carbons (Fsp3) is 1.00. The minimum absolute atomic E-state index is 0.646. The van der Waals surface area contributed by atoms with Gasteiger partial charge in [0.1, 0.15) is 0 Å². The van der Waals surface area contributed by atoms with Gasteiger partial charge in [-0.05, 0) is 64.7 Å². The van der Waals surface area contributed by atoms with Gasteiger partial charge in [0.05, 0.1) is 0 Å². The van der Waals surface area contributed by atoms with Crippen LogP contribution in [0.25, 0.3) is 0 Å². The number of nitrogens with zero attached hydrogens (tertiary/aromatic N) is 2. The summed E-state index contributed by atoms with van der Waals surface area (Å²) in [6.07, 6.45) is 9.60. The zero-order valence-electron chi connectivity index (χ0n) is 13.0. The van der Waals surface area contributed by atoms with Crippen molar-refractivity contribution in [2.75, 3.05) is 33.2 Å². The van der Waals surface area contributed by atoms with E-state index in [4.69, 9.17) is 5.73 Å². The number of hydrogen-bond acceptors (Lipinski definition) is 3. The van der Waals surface area contributed by atoms with E-state index in [1.54, 1.807) is 0 Å².